The fraction of sp³-hybridized carbons (Fsp3) is 0.750. The van der Waals surface area contributed by atoms with E-state index in [0.29, 0.717) is 0 Å². The largest absolute Gasteiger partial charge is 0.676 e. The number of hydrogen-bond acceptors (Lipinski definition) is 4. The van der Waals surface area contributed by atoms with Crippen molar-refractivity contribution in [3.8, 4) is 0 Å². The highest BCUT2D eigenvalue weighted by atomic mass is 32.1. The lowest BCUT2D eigenvalue weighted by atomic mass is 10.2. The summed E-state index contributed by atoms with van der Waals surface area (Å²) in [6, 6.07) is 0.269. The number of rotatable bonds is 0. The van der Waals surface area contributed by atoms with Crippen LogP contribution in [0.5, 0.6) is 0 Å². The average molecular weight is 130 g/mol. The van der Waals surface area contributed by atoms with Crippen molar-refractivity contribution >= 4 is 18.5 Å². The molecule has 0 saturated heterocycles. The van der Waals surface area contributed by atoms with Crippen molar-refractivity contribution in [1.29, 1.82) is 0 Å². The zero-order valence-corrected chi connectivity index (χ0v) is 5.70. The molecular formula is C4H8N3S-. The smallest absolute Gasteiger partial charge is 0.0529 e. The summed E-state index contributed by atoms with van der Waals surface area (Å²) in [5.41, 5.74) is 3.70. The van der Waals surface area contributed by atoms with Gasteiger partial charge in [0.25, 0.3) is 0 Å². The van der Waals surface area contributed by atoms with Crippen LogP contribution in [0.25, 0.3) is 0 Å². The Morgan fingerprint density at radius 3 is 2.62 bits per heavy atom. The third-order valence-electron chi connectivity index (χ3n) is 1.28. The molecule has 0 aliphatic carbocycles. The maximum Gasteiger partial charge on any atom is 0.0529 e. The molecule has 0 amide bonds. The molecule has 46 valence electrons. The first kappa shape index (κ1) is 5.91. The molecule has 0 unspecified atom stereocenters. The van der Waals surface area contributed by atoms with Gasteiger partial charge in [-0.2, -0.15) is 5.10 Å². The normalized spacial score (nSPS) is 29.9. The summed E-state index contributed by atoms with van der Waals surface area (Å²) < 4.78 is 1.55. The Labute approximate surface area is 54.3 Å². The quantitative estimate of drug-likeness (QED) is 0.469. The first-order valence-electron chi connectivity index (χ1n) is 2.48. The zero-order valence-electron chi connectivity index (χ0n) is 4.88. The van der Waals surface area contributed by atoms with Crippen molar-refractivity contribution in [1.82, 2.24) is 9.95 Å². The Morgan fingerprint density at radius 2 is 2.50 bits per heavy atom. The highest BCUT2D eigenvalue weighted by Gasteiger charge is 2.10. The molecule has 1 aliphatic rings. The summed E-state index contributed by atoms with van der Waals surface area (Å²) in [6.45, 7) is 3.95. The molecule has 1 rings (SSSR count). The van der Waals surface area contributed by atoms with E-state index in [0.717, 1.165) is 5.71 Å². The summed E-state index contributed by atoms with van der Waals surface area (Å²) in [5, 5.41) is 3.89. The lowest BCUT2D eigenvalue weighted by Gasteiger charge is -2.26. The minimum absolute atomic E-state index is 0.269. The van der Waals surface area contributed by atoms with E-state index in [4.69, 9.17) is 12.8 Å². The van der Waals surface area contributed by atoms with Gasteiger partial charge >= 0.3 is 0 Å². The molecule has 1 aliphatic heterocycles. The van der Waals surface area contributed by atoms with Crippen LogP contribution < -0.4 is 5.53 Å². The summed E-state index contributed by atoms with van der Waals surface area (Å²) in [5.74, 6) is 0. The third kappa shape index (κ3) is 0.809. The van der Waals surface area contributed by atoms with Gasteiger partial charge in [0.15, 0.2) is 0 Å². The van der Waals surface area contributed by atoms with E-state index in [1.54, 1.807) is 4.41 Å². The molecule has 0 radical (unpaired) electrons. The van der Waals surface area contributed by atoms with Gasteiger partial charge in [0.05, 0.1) is 5.71 Å². The molecule has 4 heteroatoms. The second-order valence-electron chi connectivity index (χ2n) is 1.85. The lowest BCUT2D eigenvalue weighted by Crippen LogP contribution is -2.32. The van der Waals surface area contributed by atoms with Crippen LogP contribution in [0.1, 0.15) is 13.8 Å². The maximum atomic E-state index is 4.81. The molecule has 1 N–H and O–H groups in total. The molecule has 0 saturated carbocycles. The van der Waals surface area contributed by atoms with E-state index < -0.39 is 0 Å². The van der Waals surface area contributed by atoms with Crippen LogP contribution in [0.15, 0.2) is 5.10 Å². The minimum atomic E-state index is 0.269. The number of hydrazine groups is 1. The van der Waals surface area contributed by atoms with Crippen LogP contribution in [-0.2, 0) is 12.8 Å². The van der Waals surface area contributed by atoms with E-state index in [1.807, 2.05) is 13.8 Å². The van der Waals surface area contributed by atoms with Crippen molar-refractivity contribution in [3.63, 3.8) is 0 Å². The summed E-state index contributed by atoms with van der Waals surface area (Å²) >= 11 is 4.81. The molecule has 0 bridgehead atoms. The number of hydrogen-bond donors (Lipinski definition) is 1. The first-order valence-corrected chi connectivity index (χ1v) is 2.84. The highest BCUT2D eigenvalue weighted by Crippen LogP contribution is 2.01. The summed E-state index contributed by atoms with van der Waals surface area (Å²) in [7, 11) is 0. The standard InChI is InChI=1S/C4H8N3S/c1-3-4(2)7(8)6-5-3/h4,6H,1-2H3/q-1/t4-/m0/s1. The lowest BCUT2D eigenvalue weighted by molar-refractivity contribution is 0.379. The Morgan fingerprint density at radius 1 is 1.88 bits per heavy atom. The SMILES string of the molecule is CC1=NNN([S-])[C@H]1C. The van der Waals surface area contributed by atoms with Crippen molar-refractivity contribution in [2.24, 2.45) is 5.10 Å². The average Bonchev–Trinajstić information content (AvgIpc) is 1.98. The predicted octanol–water partition coefficient (Wildman–Crippen LogP) is 0.0329. The van der Waals surface area contributed by atoms with Crippen molar-refractivity contribution in [3.05, 3.63) is 0 Å². The molecule has 0 spiro atoms. The van der Waals surface area contributed by atoms with Crippen molar-refractivity contribution < 1.29 is 0 Å². The second kappa shape index (κ2) is 1.95. The Bertz CT molecular complexity index is 122. The molecule has 8 heavy (non-hydrogen) atoms. The Balaban J connectivity index is 2.59. The molecule has 3 nitrogen and oxygen atoms in total. The van der Waals surface area contributed by atoms with Crippen LogP contribution in [0.4, 0.5) is 0 Å². The minimum Gasteiger partial charge on any atom is -0.676 e. The molecular weight excluding hydrogens is 122 g/mol. The predicted molar refractivity (Wildman–Crippen MR) is 34.9 cm³/mol. The van der Waals surface area contributed by atoms with Gasteiger partial charge in [0, 0.05) is 6.04 Å². The van der Waals surface area contributed by atoms with Crippen molar-refractivity contribution in [2.75, 3.05) is 0 Å². The molecule has 1 heterocycles. The van der Waals surface area contributed by atoms with Crippen molar-refractivity contribution in [2.45, 2.75) is 19.9 Å². The van der Waals surface area contributed by atoms with Gasteiger partial charge in [0.2, 0.25) is 0 Å². The van der Waals surface area contributed by atoms with Gasteiger partial charge in [0.1, 0.15) is 0 Å². The number of hydrazone groups is 1. The van der Waals surface area contributed by atoms with Gasteiger partial charge < -0.3 is 17.2 Å². The third-order valence-corrected chi connectivity index (χ3v) is 1.68. The monoisotopic (exact) mass is 130 g/mol. The van der Waals surface area contributed by atoms with Gasteiger partial charge in [-0.3, -0.25) is 5.53 Å². The Hall–Kier alpha value is -0.220. The van der Waals surface area contributed by atoms with Crippen LogP contribution >= 0.6 is 0 Å². The van der Waals surface area contributed by atoms with Gasteiger partial charge in [-0.15, -0.1) is 0 Å². The van der Waals surface area contributed by atoms with E-state index in [9.17, 15) is 0 Å². The highest BCUT2D eigenvalue weighted by molar-refractivity contribution is 7.55. The molecule has 1 atom stereocenters. The summed E-state index contributed by atoms with van der Waals surface area (Å²) in [6.07, 6.45) is 0. The van der Waals surface area contributed by atoms with Gasteiger partial charge in [-0.1, -0.05) is 0 Å². The van der Waals surface area contributed by atoms with Gasteiger partial charge in [-0.25, -0.2) is 0 Å². The maximum absolute atomic E-state index is 4.81. The van der Waals surface area contributed by atoms with Crippen LogP contribution in [0, 0.1) is 0 Å². The molecule has 0 aromatic heterocycles. The molecule has 0 aromatic carbocycles. The zero-order chi connectivity index (χ0) is 6.15. The van der Waals surface area contributed by atoms with Gasteiger partial charge in [-0.05, 0) is 13.8 Å². The van der Waals surface area contributed by atoms with E-state index >= 15 is 0 Å². The van der Waals surface area contributed by atoms with E-state index in [2.05, 4.69) is 10.6 Å². The first-order chi connectivity index (χ1) is 3.72. The van der Waals surface area contributed by atoms with Crippen LogP contribution in [0.3, 0.4) is 0 Å². The fourth-order valence-corrected chi connectivity index (χ4v) is 0.671. The van der Waals surface area contributed by atoms with Crippen LogP contribution in [-0.4, -0.2) is 16.2 Å². The van der Waals surface area contributed by atoms with E-state index in [1.165, 1.54) is 0 Å². The van der Waals surface area contributed by atoms with Crippen LogP contribution in [0.2, 0.25) is 0 Å². The van der Waals surface area contributed by atoms with E-state index in [-0.39, 0.29) is 6.04 Å². The second-order valence-corrected chi connectivity index (χ2v) is 2.25. The topological polar surface area (TPSA) is 27.6 Å². The number of nitrogens with one attached hydrogen (secondary N) is 1. The molecule has 0 fully saturated rings. The Kier molecular flexibility index (Phi) is 1.44. The summed E-state index contributed by atoms with van der Waals surface area (Å²) in [4.78, 5) is 0. The number of nitrogens with zero attached hydrogens (tertiary/aromatic N) is 2. The molecule has 0 aromatic rings. The fourth-order valence-electron chi connectivity index (χ4n) is 0.478.